The van der Waals surface area contributed by atoms with Gasteiger partial charge in [0.1, 0.15) is 12.1 Å². The van der Waals surface area contributed by atoms with Gasteiger partial charge < -0.3 is 32.1 Å². The van der Waals surface area contributed by atoms with Crippen molar-refractivity contribution in [3.63, 3.8) is 0 Å². The summed E-state index contributed by atoms with van der Waals surface area (Å²) in [5, 5.41) is 14.2. The predicted molar refractivity (Wildman–Crippen MR) is 114 cm³/mol. The maximum absolute atomic E-state index is 12.8. The highest BCUT2D eigenvalue weighted by atomic mass is 16.4. The van der Waals surface area contributed by atoms with Gasteiger partial charge in [-0.15, -0.1) is 0 Å². The van der Waals surface area contributed by atoms with Crippen molar-refractivity contribution in [1.82, 2.24) is 15.5 Å². The van der Waals surface area contributed by atoms with E-state index in [1.54, 1.807) is 0 Å². The number of hydrogen-bond acceptors (Lipinski definition) is 6. The lowest BCUT2D eigenvalue weighted by atomic mass is 10.1. The number of carboxylic acid groups (broad SMARTS) is 1. The van der Waals surface area contributed by atoms with Gasteiger partial charge in [0.05, 0.1) is 12.6 Å². The number of carboxylic acids is 1. The van der Waals surface area contributed by atoms with E-state index in [1.807, 2.05) is 30.3 Å². The third-order valence-corrected chi connectivity index (χ3v) is 5.19. The van der Waals surface area contributed by atoms with Gasteiger partial charge in [-0.1, -0.05) is 30.3 Å². The van der Waals surface area contributed by atoms with Crippen molar-refractivity contribution < 1.29 is 29.1 Å². The Bertz CT molecular complexity index is 846. The fraction of sp³-hybridized carbons (Fsp3) is 0.476. The second-order valence-electron chi connectivity index (χ2n) is 7.67. The molecule has 3 unspecified atom stereocenters. The summed E-state index contributed by atoms with van der Waals surface area (Å²) in [6, 6.07) is 6.18. The molecule has 4 amide bonds. The summed E-state index contributed by atoms with van der Waals surface area (Å²) in [5.74, 6) is -3.59. The molecule has 3 atom stereocenters. The Morgan fingerprint density at radius 3 is 2.47 bits per heavy atom. The number of primary amides is 1. The molecule has 0 spiro atoms. The van der Waals surface area contributed by atoms with Gasteiger partial charge in [-0.25, -0.2) is 4.79 Å². The molecule has 1 aliphatic rings. The van der Waals surface area contributed by atoms with Crippen LogP contribution in [0.5, 0.6) is 0 Å². The number of benzene rings is 1. The number of nitrogens with zero attached hydrogens (tertiary/aromatic N) is 1. The normalized spacial score (nSPS) is 17.3. The van der Waals surface area contributed by atoms with Crippen LogP contribution in [0, 0.1) is 0 Å². The van der Waals surface area contributed by atoms with Crippen molar-refractivity contribution in [3.8, 4) is 0 Å². The molecule has 1 fully saturated rings. The SMILES string of the molecule is NC(=O)CCC(NC(=O)CNC(=O)C(N)Cc1ccccc1)C(=O)N1CCCC1C(=O)O. The van der Waals surface area contributed by atoms with Crippen molar-refractivity contribution >= 4 is 29.6 Å². The molecule has 0 saturated carbocycles. The minimum atomic E-state index is -1.13. The van der Waals surface area contributed by atoms with Crippen LogP contribution in [0.2, 0.25) is 0 Å². The minimum absolute atomic E-state index is 0.0792. The smallest absolute Gasteiger partial charge is 0.326 e. The van der Waals surface area contributed by atoms with E-state index >= 15 is 0 Å². The highest BCUT2D eigenvalue weighted by Gasteiger charge is 2.37. The molecule has 0 aromatic heterocycles. The number of hydrogen-bond donors (Lipinski definition) is 5. The van der Waals surface area contributed by atoms with Gasteiger partial charge in [0, 0.05) is 13.0 Å². The van der Waals surface area contributed by atoms with Crippen LogP contribution in [-0.2, 0) is 30.4 Å². The maximum Gasteiger partial charge on any atom is 0.326 e. The number of likely N-dealkylation sites (tertiary alicyclic amines) is 1. The first-order valence-electron chi connectivity index (χ1n) is 10.4. The molecule has 1 aromatic carbocycles. The second-order valence-corrected chi connectivity index (χ2v) is 7.67. The summed E-state index contributed by atoms with van der Waals surface area (Å²) in [6.45, 7) is -0.187. The van der Waals surface area contributed by atoms with Crippen molar-refractivity contribution in [1.29, 1.82) is 0 Å². The third-order valence-electron chi connectivity index (χ3n) is 5.19. The molecule has 174 valence electrons. The number of rotatable bonds is 11. The van der Waals surface area contributed by atoms with Crippen molar-refractivity contribution in [2.24, 2.45) is 11.5 Å². The highest BCUT2D eigenvalue weighted by molar-refractivity contribution is 5.93. The molecule has 0 aliphatic carbocycles. The van der Waals surface area contributed by atoms with E-state index in [0.717, 1.165) is 5.56 Å². The zero-order valence-electron chi connectivity index (χ0n) is 17.7. The molecule has 0 radical (unpaired) electrons. The van der Waals surface area contributed by atoms with E-state index in [2.05, 4.69) is 10.6 Å². The minimum Gasteiger partial charge on any atom is -0.480 e. The molecule has 11 nitrogen and oxygen atoms in total. The van der Waals surface area contributed by atoms with Crippen LogP contribution in [0.25, 0.3) is 0 Å². The number of nitrogens with two attached hydrogens (primary N) is 2. The summed E-state index contributed by atoms with van der Waals surface area (Å²) < 4.78 is 0. The molecule has 32 heavy (non-hydrogen) atoms. The standard InChI is InChI=1S/C21H29N5O6/c22-14(11-13-5-2-1-3-6-13)19(29)24-12-18(28)25-15(8-9-17(23)27)20(30)26-10-4-7-16(26)21(31)32/h1-3,5-6,14-16H,4,7-12,22H2,(H2,23,27)(H,24,29)(H,25,28)(H,31,32). The van der Waals surface area contributed by atoms with Crippen molar-refractivity contribution in [2.75, 3.05) is 13.1 Å². The van der Waals surface area contributed by atoms with Crippen LogP contribution >= 0.6 is 0 Å². The van der Waals surface area contributed by atoms with E-state index in [1.165, 1.54) is 4.90 Å². The largest absolute Gasteiger partial charge is 0.480 e. The lowest BCUT2D eigenvalue weighted by Crippen LogP contribution is -2.54. The highest BCUT2D eigenvalue weighted by Crippen LogP contribution is 2.19. The van der Waals surface area contributed by atoms with Crippen molar-refractivity contribution in [2.45, 2.75) is 50.2 Å². The molecule has 7 N–H and O–H groups in total. The second kappa shape index (κ2) is 11.8. The van der Waals surface area contributed by atoms with Crippen LogP contribution in [-0.4, -0.2) is 70.8 Å². The summed E-state index contributed by atoms with van der Waals surface area (Å²) in [6.07, 6.45) is 0.877. The topological polar surface area (TPSA) is 185 Å². The number of nitrogens with one attached hydrogen (secondary N) is 2. The van der Waals surface area contributed by atoms with Gasteiger partial charge in [0.25, 0.3) is 0 Å². The molecule has 0 bridgehead atoms. The Hall–Kier alpha value is -3.47. The van der Waals surface area contributed by atoms with E-state index in [-0.39, 0.29) is 19.4 Å². The Morgan fingerprint density at radius 1 is 1.16 bits per heavy atom. The average Bonchev–Trinajstić information content (AvgIpc) is 3.25. The molecule has 2 rings (SSSR count). The van der Waals surface area contributed by atoms with E-state index in [9.17, 15) is 29.1 Å². The number of aliphatic carboxylic acids is 1. The maximum atomic E-state index is 12.8. The van der Waals surface area contributed by atoms with Crippen LogP contribution in [0.4, 0.5) is 0 Å². The first kappa shape index (κ1) is 24.8. The van der Waals surface area contributed by atoms with E-state index in [0.29, 0.717) is 19.3 Å². The van der Waals surface area contributed by atoms with Crippen LogP contribution in [0.1, 0.15) is 31.2 Å². The van der Waals surface area contributed by atoms with Gasteiger partial charge in [0.2, 0.25) is 23.6 Å². The first-order chi connectivity index (χ1) is 15.2. The van der Waals surface area contributed by atoms with Gasteiger partial charge in [-0.05, 0) is 31.2 Å². The fourth-order valence-electron chi connectivity index (χ4n) is 3.54. The van der Waals surface area contributed by atoms with Gasteiger partial charge in [-0.2, -0.15) is 0 Å². The van der Waals surface area contributed by atoms with Gasteiger partial charge >= 0.3 is 5.97 Å². The molecule has 1 aromatic rings. The molecule has 1 aliphatic heterocycles. The predicted octanol–water partition coefficient (Wildman–Crippen LogP) is -1.50. The lowest BCUT2D eigenvalue weighted by molar-refractivity contribution is -0.149. The summed E-state index contributed by atoms with van der Waals surface area (Å²) in [4.78, 5) is 61.1. The Labute approximate surface area is 185 Å². The summed E-state index contributed by atoms with van der Waals surface area (Å²) in [7, 11) is 0. The number of amides is 4. The zero-order valence-corrected chi connectivity index (χ0v) is 17.7. The van der Waals surface area contributed by atoms with Crippen LogP contribution < -0.4 is 22.1 Å². The summed E-state index contributed by atoms with van der Waals surface area (Å²) in [5.41, 5.74) is 11.9. The number of carbonyl (C=O) groups excluding carboxylic acids is 4. The molecule has 1 saturated heterocycles. The zero-order chi connectivity index (χ0) is 23.7. The van der Waals surface area contributed by atoms with E-state index < -0.39 is 54.3 Å². The molecular weight excluding hydrogens is 418 g/mol. The van der Waals surface area contributed by atoms with Gasteiger partial charge in [0.15, 0.2) is 0 Å². The molecule has 11 heteroatoms. The van der Waals surface area contributed by atoms with Crippen LogP contribution in [0.15, 0.2) is 30.3 Å². The quantitative estimate of drug-likeness (QED) is 0.273. The summed E-state index contributed by atoms with van der Waals surface area (Å²) >= 11 is 0. The van der Waals surface area contributed by atoms with Crippen molar-refractivity contribution in [3.05, 3.63) is 35.9 Å². The Morgan fingerprint density at radius 2 is 1.84 bits per heavy atom. The Kier molecular flexibility index (Phi) is 9.14. The number of carbonyl (C=O) groups is 5. The molecule has 1 heterocycles. The molecular formula is C21H29N5O6. The van der Waals surface area contributed by atoms with Crippen LogP contribution in [0.3, 0.4) is 0 Å². The Balaban J connectivity index is 1.92. The van der Waals surface area contributed by atoms with Gasteiger partial charge in [-0.3, -0.25) is 19.2 Å². The monoisotopic (exact) mass is 447 g/mol. The fourth-order valence-corrected chi connectivity index (χ4v) is 3.54. The third kappa shape index (κ3) is 7.34. The first-order valence-corrected chi connectivity index (χ1v) is 10.4. The van der Waals surface area contributed by atoms with E-state index in [4.69, 9.17) is 11.5 Å². The average molecular weight is 447 g/mol. The lowest BCUT2D eigenvalue weighted by Gasteiger charge is -2.27.